The third kappa shape index (κ3) is 3.73. The van der Waals surface area contributed by atoms with Gasteiger partial charge in [-0.3, -0.25) is 10.1 Å². The van der Waals surface area contributed by atoms with Crippen molar-refractivity contribution in [2.24, 2.45) is 0 Å². The normalized spacial score (nSPS) is 36.4. The van der Waals surface area contributed by atoms with Gasteiger partial charge in [-0.15, -0.1) is 0 Å². The van der Waals surface area contributed by atoms with Gasteiger partial charge in [0.15, 0.2) is 0 Å². The van der Waals surface area contributed by atoms with Crippen molar-refractivity contribution >= 4 is 5.97 Å². The lowest BCUT2D eigenvalue weighted by atomic mass is 9.82. The average Bonchev–Trinajstić information content (AvgIpc) is 2.65. The van der Waals surface area contributed by atoms with E-state index in [1.807, 2.05) is 13.8 Å². The zero-order chi connectivity index (χ0) is 14.6. The van der Waals surface area contributed by atoms with Crippen LogP contribution < -0.4 is 5.32 Å². The SMILES string of the molecule is COC(=O)C1(NC2CCCCCC2)CC(C)OC(C)C1. The van der Waals surface area contributed by atoms with Crippen molar-refractivity contribution in [1.82, 2.24) is 5.32 Å². The van der Waals surface area contributed by atoms with Gasteiger partial charge in [-0.25, -0.2) is 0 Å². The smallest absolute Gasteiger partial charge is 0.326 e. The number of rotatable bonds is 3. The number of methoxy groups -OCH3 is 1. The lowest BCUT2D eigenvalue weighted by Crippen LogP contribution is -2.61. The first kappa shape index (κ1) is 15.8. The Morgan fingerprint density at radius 3 is 2.15 bits per heavy atom. The molecule has 4 nitrogen and oxygen atoms in total. The Labute approximate surface area is 122 Å². The van der Waals surface area contributed by atoms with Gasteiger partial charge in [-0.05, 0) is 26.7 Å². The van der Waals surface area contributed by atoms with Gasteiger partial charge in [-0.1, -0.05) is 25.7 Å². The minimum absolute atomic E-state index is 0.0936. The summed E-state index contributed by atoms with van der Waals surface area (Å²) in [5.41, 5.74) is -0.555. The Hall–Kier alpha value is -0.610. The molecule has 0 aromatic carbocycles. The van der Waals surface area contributed by atoms with Crippen LogP contribution in [0.3, 0.4) is 0 Å². The highest BCUT2D eigenvalue weighted by Gasteiger charge is 2.46. The standard InChI is InChI=1S/C16H29NO3/c1-12-10-16(15(18)19-3,11-13(2)20-12)17-14-8-6-4-5-7-9-14/h12-14,17H,4-11H2,1-3H3. The molecule has 2 rings (SSSR count). The third-order valence-electron chi connectivity index (χ3n) is 4.65. The second kappa shape index (κ2) is 6.90. The van der Waals surface area contributed by atoms with Gasteiger partial charge in [0, 0.05) is 18.9 Å². The molecule has 1 heterocycles. The molecule has 0 amide bonds. The summed E-state index contributed by atoms with van der Waals surface area (Å²) < 4.78 is 10.9. The molecule has 1 saturated heterocycles. The van der Waals surface area contributed by atoms with Crippen LogP contribution in [0.15, 0.2) is 0 Å². The van der Waals surface area contributed by atoms with E-state index in [2.05, 4.69) is 5.32 Å². The summed E-state index contributed by atoms with van der Waals surface area (Å²) in [6.45, 7) is 4.09. The van der Waals surface area contributed by atoms with E-state index in [0.29, 0.717) is 18.9 Å². The number of carbonyl (C=O) groups excluding carboxylic acids is 1. The van der Waals surface area contributed by atoms with Gasteiger partial charge in [-0.2, -0.15) is 0 Å². The van der Waals surface area contributed by atoms with Crippen LogP contribution in [0.5, 0.6) is 0 Å². The molecule has 0 radical (unpaired) electrons. The lowest BCUT2D eigenvalue weighted by Gasteiger charge is -2.43. The van der Waals surface area contributed by atoms with E-state index in [4.69, 9.17) is 9.47 Å². The first-order valence-electron chi connectivity index (χ1n) is 8.07. The number of esters is 1. The number of hydrogen-bond donors (Lipinski definition) is 1. The second-order valence-electron chi connectivity index (χ2n) is 6.57. The molecule has 1 aliphatic carbocycles. The molecule has 2 atom stereocenters. The Morgan fingerprint density at radius 1 is 1.10 bits per heavy atom. The summed E-state index contributed by atoms with van der Waals surface area (Å²) in [5.74, 6) is -0.122. The quantitative estimate of drug-likeness (QED) is 0.639. The molecule has 0 aromatic rings. The molecule has 2 unspecified atom stereocenters. The third-order valence-corrected chi connectivity index (χ3v) is 4.65. The molecule has 20 heavy (non-hydrogen) atoms. The average molecular weight is 283 g/mol. The van der Waals surface area contributed by atoms with E-state index in [1.165, 1.54) is 45.6 Å². The van der Waals surface area contributed by atoms with Gasteiger partial charge in [0.05, 0.1) is 19.3 Å². The Balaban J connectivity index is 2.11. The highest BCUT2D eigenvalue weighted by molar-refractivity contribution is 5.81. The van der Waals surface area contributed by atoms with E-state index < -0.39 is 5.54 Å². The van der Waals surface area contributed by atoms with Crippen molar-refractivity contribution in [3.05, 3.63) is 0 Å². The van der Waals surface area contributed by atoms with Gasteiger partial charge < -0.3 is 9.47 Å². The van der Waals surface area contributed by atoms with Crippen molar-refractivity contribution in [1.29, 1.82) is 0 Å². The summed E-state index contributed by atoms with van der Waals surface area (Å²) in [7, 11) is 1.49. The van der Waals surface area contributed by atoms with Crippen molar-refractivity contribution in [2.75, 3.05) is 7.11 Å². The van der Waals surface area contributed by atoms with E-state index in [9.17, 15) is 4.79 Å². The summed E-state index contributed by atoms with van der Waals surface area (Å²) in [6, 6.07) is 0.439. The zero-order valence-corrected chi connectivity index (χ0v) is 13.1. The predicted octanol–water partition coefficient (Wildman–Crippen LogP) is 2.80. The van der Waals surface area contributed by atoms with E-state index in [-0.39, 0.29) is 18.2 Å². The fraction of sp³-hybridized carbons (Fsp3) is 0.938. The van der Waals surface area contributed by atoms with Crippen LogP contribution in [0.25, 0.3) is 0 Å². The van der Waals surface area contributed by atoms with Crippen LogP contribution in [0.4, 0.5) is 0 Å². The van der Waals surface area contributed by atoms with Crippen LogP contribution in [-0.4, -0.2) is 36.9 Å². The summed E-state index contributed by atoms with van der Waals surface area (Å²) in [5, 5.41) is 3.67. The van der Waals surface area contributed by atoms with Crippen LogP contribution in [0.1, 0.15) is 65.2 Å². The summed E-state index contributed by atoms with van der Waals surface area (Å²) in [4.78, 5) is 12.4. The highest BCUT2D eigenvalue weighted by Crippen LogP contribution is 2.32. The maximum absolute atomic E-state index is 12.4. The van der Waals surface area contributed by atoms with Gasteiger partial charge in [0.1, 0.15) is 5.54 Å². The molecular weight excluding hydrogens is 254 g/mol. The predicted molar refractivity (Wildman–Crippen MR) is 78.6 cm³/mol. The van der Waals surface area contributed by atoms with E-state index in [1.54, 1.807) is 0 Å². The molecule has 1 aliphatic heterocycles. The number of nitrogens with one attached hydrogen (secondary N) is 1. The van der Waals surface area contributed by atoms with Crippen LogP contribution >= 0.6 is 0 Å². The van der Waals surface area contributed by atoms with Crippen LogP contribution in [-0.2, 0) is 14.3 Å². The molecular formula is C16H29NO3. The first-order chi connectivity index (χ1) is 9.55. The molecule has 2 aliphatic rings. The Bertz CT molecular complexity index is 314. The number of hydrogen-bond acceptors (Lipinski definition) is 4. The Morgan fingerprint density at radius 2 is 1.65 bits per heavy atom. The fourth-order valence-corrected chi connectivity index (χ4v) is 3.91. The summed E-state index contributed by atoms with van der Waals surface area (Å²) in [6.07, 6.45) is 9.10. The van der Waals surface area contributed by atoms with E-state index >= 15 is 0 Å². The molecule has 4 heteroatoms. The molecule has 0 bridgehead atoms. The van der Waals surface area contributed by atoms with Gasteiger partial charge in [0.25, 0.3) is 0 Å². The van der Waals surface area contributed by atoms with Crippen molar-refractivity contribution in [2.45, 2.75) is 89.0 Å². The maximum Gasteiger partial charge on any atom is 0.326 e. The summed E-state index contributed by atoms with van der Waals surface area (Å²) >= 11 is 0. The molecule has 0 aromatic heterocycles. The van der Waals surface area contributed by atoms with Gasteiger partial charge >= 0.3 is 5.97 Å². The second-order valence-corrected chi connectivity index (χ2v) is 6.57. The lowest BCUT2D eigenvalue weighted by molar-refractivity contribution is -0.160. The fourth-order valence-electron chi connectivity index (χ4n) is 3.91. The maximum atomic E-state index is 12.4. The topological polar surface area (TPSA) is 47.6 Å². The van der Waals surface area contributed by atoms with Crippen molar-refractivity contribution < 1.29 is 14.3 Å². The van der Waals surface area contributed by atoms with Crippen molar-refractivity contribution in [3.63, 3.8) is 0 Å². The van der Waals surface area contributed by atoms with Crippen LogP contribution in [0, 0.1) is 0 Å². The molecule has 1 N–H and O–H groups in total. The minimum atomic E-state index is -0.555. The molecule has 116 valence electrons. The largest absolute Gasteiger partial charge is 0.468 e. The van der Waals surface area contributed by atoms with Crippen LogP contribution in [0.2, 0.25) is 0 Å². The van der Waals surface area contributed by atoms with Crippen molar-refractivity contribution in [3.8, 4) is 0 Å². The number of carbonyl (C=O) groups is 1. The zero-order valence-electron chi connectivity index (χ0n) is 13.1. The monoisotopic (exact) mass is 283 g/mol. The minimum Gasteiger partial charge on any atom is -0.468 e. The molecule has 2 fully saturated rings. The number of ether oxygens (including phenoxy) is 2. The highest BCUT2D eigenvalue weighted by atomic mass is 16.5. The molecule has 0 spiro atoms. The van der Waals surface area contributed by atoms with E-state index in [0.717, 1.165) is 0 Å². The molecule has 1 saturated carbocycles. The van der Waals surface area contributed by atoms with Gasteiger partial charge in [0.2, 0.25) is 0 Å². The first-order valence-corrected chi connectivity index (χ1v) is 8.07. The Kier molecular flexibility index (Phi) is 5.44.